The SMILES string of the molecule is C=C(Nc1cccc(N(C)C)c1)[C@H]1C(=O)NC(=O)N(c2ccc(OC)cc2)C1=O. The van der Waals surface area contributed by atoms with Crippen molar-refractivity contribution in [2.75, 3.05) is 36.3 Å². The maximum absolute atomic E-state index is 13.0. The van der Waals surface area contributed by atoms with Gasteiger partial charge >= 0.3 is 6.03 Å². The van der Waals surface area contributed by atoms with E-state index in [1.165, 1.54) is 7.11 Å². The fourth-order valence-electron chi connectivity index (χ4n) is 2.98. The predicted octanol–water partition coefficient (Wildman–Crippen LogP) is 2.59. The Hall–Kier alpha value is -3.81. The lowest BCUT2D eigenvalue weighted by atomic mass is 10.0. The number of amides is 4. The second-order valence-electron chi connectivity index (χ2n) is 6.69. The fraction of sp³-hybridized carbons (Fsp3) is 0.190. The molecule has 8 heteroatoms. The summed E-state index contributed by atoms with van der Waals surface area (Å²) in [6.07, 6.45) is 0. The molecule has 0 bridgehead atoms. The Kier molecular flexibility index (Phi) is 5.54. The van der Waals surface area contributed by atoms with Crippen LogP contribution in [0.1, 0.15) is 0 Å². The minimum absolute atomic E-state index is 0.175. The van der Waals surface area contributed by atoms with Crippen molar-refractivity contribution in [3.63, 3.8) is 0 Å². The van der Waals surface area contributed by atoms with Crippen LogP contribution in [0.5, 0.6) is 5.75 Å². The van der Waals surface area contributed by atoms with Crippen molar-refractivity contribution in [3.05, 3.63) is 60.8 Å². The number of nitrogens with one attached hydrogen (secondary N) is 2. The normalized spacial score (nSPS) is 16.3. The zero-order valence-corrected chi connectivity index (χ0v) is 16.4. The number of anilines is 3. The Labute approximate surface area is 168 Å². The van der Waals surface area contributed by atoms with E-state index in [4.69, 9.17) is 4.74 Å². The lowest BCUT2D eigenvalue weighted by Gasteiger charge is -2.31. The van der Waals surface area contributed by atoms with E-state index in [1.54, 1.807) is 30.3 Å². The molecule has 0 aliphatic carbocycles. The number of hydrogen-bond donors (Lipinski definition) is 2. The van der Waals surface area contributed by atoms with Crippen LogP contribution in [0.3, 0.4) is 0 Å². The van der Waals surface area contributed by atoms with E-state index in [-0.39, 0.29) is 5.70 Å². The Balaban J connectivity index is 1.84. The maximum Gasteiger partial charge on any atom is 0.335 e. The Bertz CT molecular complexity index is 969. The lowest BCUT2D eigenvalue weighted by molar-refractivity contribution is -0.132. The summed E-state index contributed by atoms with van der Waals surface area (Å²) in [6.45, 7) is 3.87. The third kappa shape index (κ3) is 4.06. The molecule has 1 atom stereocenters. The monoisotopic (exact) mass is 394 g/mol. The van der Waals surface area contributed by atoms with Gasteiger partial charge in [-0.05, 0) is 42.5 Å². The second kappa shape index (κ2) is 8.05. The molecule has 0 radical (unpaired) electrons. The fourth-order valence-corrected chi connectivity index (χ4v) is 2.98. The van der Waals surface area contributed by atoms with Crippen molar-refractivity contribution in [1.82, 2.24) is 5.32 Å². The smallest absolute Gasteiger partial charge is 0.335 e. The van der Waals surface area contributed by atoms with E-state index in [1.807, 2.05) is 37.2 Å². The van der Waals surface area contributed by atoms with E-state index >= 15 is 0 Å². The molecule has 150 valence electrons. The lowest BCUT2D eigenvalue weighted by Crippen LogP contribution is -2.59. The number of imide groups is 2. The second-order valence-corrected chi connectivity index (χ2v) is 6.69. The van der Waals surface area contributed by atoms with Crippen LogP contribution in [0.2, 0.25) is 0 Å². The molecular weight excluding hydrogens is 372 g/mol. The molecule has 0 saturated carbocycles. The van der Waals surface area contributed by atoms with Gasteiger partial charge in [0.25, 0.3) is 5.91 Å². The van der Waals surface area contributed by atoms with Crippen LogP contribution < -0.4 is 25.2 Å². The number of carbonyl (C=O) groups is 3. The molecule has 4 amide bonds. The number of urea groups is 1. The van der Waals surface area contributed by atoms with Gasteiger partial charge in [0.15, 0.2) is 5.92 Å². The largest absolute Gasteiger partial charge is 0.497 e. The third-order valence-electron chi connectivity index (χ3n) is 4.51. The van der Waals surface area contributed by atoms with Gasteiger partial charge in [-0.3, -0.25) is 14.9 Å². The van der Waals surface area contributed by atoms with Crippen LogP contribution >= 0.6 is 0 Å². The highest BCUT2D eigenvalue weighted by atomic mass is 16.5. The summed E-state index contributed by atoms with van der Waals surface area (Å²) < 4.78 is 5.09. The van der Waals surface area contributed by atoms with Crippen LogP contribution in [0.15, 0.2) is 60.8 Å². The first-order valence-electron chi connectivity index (χ1n) is 8.88. The van der Waals surface area contributed by atoms with Crippen molar-refractivity contribution in [2.24, 2.45) is 5.92 Å². The van der Waals surface area contributed by atoms with Crippen LogP contribution in [0.25, 0.3) is 0 Å². The average molecular weight is 394 g/mol. The molecule has 0 spiro atoms. The van der Waals surface area contributed by atoms with Crippen molar-refractivity contribution in [2.45, 2.75) is 0 Å². The molecule has 1 heterocycles. The molecule has 1 fully saturated rings. The highest BCUT2D eigenvalue weighted by Crippen LogP contribution is 2.27. The molecule has 0 unspecified atom stereocenters. The summed E-state index contributed by atoms with van der Waals surface area (Å²) in [5, 5.41) is 5.23. The van der Waals surface area contributed by atoms with Gasteiger partial charge in [0.1, 0.15) is 5.75 Å². The van der Waals surface area contributed by atoms with Gasteiger partial charge in [-0.25, -0.2) is 9.69 Å². The minimum Gasteiger partial charge on any atom is -0.497 e. The van der Waals surface area contributed by atoms with Gasteiger partial charge in [0.2, 0.25) is 5.91 Å². The summed E-state index contributed by atoms with van der Waals surface area (Å²) >= 11 is 0. The van der Waals surface area contributed by atoms with Crippen molar-refractivity contribution < 1.29 is 19.1 Å². The van der Waals surface area contributed by atoms with E-state index < -0.39 is 23.8 Å². The minimum atomic E-state index is -1.25. The number of methoxy groups -OCH3 is 1. The maximum atomic E-state index is 13.0. The van der Waals surface area contributed by atoms with E-state index in [9.17, 15) is 14.4 Å². The molecule has 1 aliphatic heterocycles. The molecule has 1 saturated heterocycles. The first-order chi connectivity index (χ1) is 13.8. The molecule has 0 aromatic heterocycles. The van der Waals surface area contributed by atoms with Crippen molar-refractivity contribution in [1.29, 1.82) is 0 Å². The highest BCUT2D eigenvalue weighted by molar-refractivity contribution is 6.28. The Morgan fingerprint density at radius 1 is 1.14 bits per heavy atom. The average Bonchev–Trinajstić information content (AvgIpc) is 2.68. The molecular formula is C21H22N4O4. The number of hydrogen-bond acceptors (Lipinski definition) is 6. The van der Waals surface area contributed by atoms with Crippen LogP contribution in [-0.2, 0) is 9.59 Å². The van der Waals surface area contributed by atoms with Crippen LogP contribution in [0, 0.1) is 5.92 Å². The van der Waals surface area contributed by atoms with E-state index in [0.717, 1.165) is 10.6 Å². The zero-order chi connectivity index (χ0) is 21.1. The number of barbiturate groups is 1. The zero-order valence-electron chi connectivity index (χ0n) is 16.4. The van der Waals surface area contributed by atoms with Crippen LogP contribution in [0.4, 0.5) is 21.9 Å². The van der Waals surface area contributed by atoms with Gasteiger partial charge in [0, 0.05) is 31.2 Å². The van der Waals surface area contributed by atoms with Crippen molar-refractivity contribution in [3.8, 4) is 5.75 Å². The van der Waals surface area contributed by atoms with Crippen LogP contribution in [-0.4, -0.2) is 39.1 Å². The number of nitrogens with zero attached hydrogens (tertiary/aromatic N) is 2. The molecule has 2 aromatic rings. The Morgan fingerprint density at radius 2 is 1.83 bits per heavy atom. The molecule has 1 aliphatic rings. The first kappa shape index (κ1) is 19.9. The van der Waals surface area contributed by atoms with Gasteiger partial charge < -0.3 is 15.0 Å². The van der Waals surface area contributed by atoms with E-state index in [2.05, 4.69) is 17.2 Å². The first-order valence-corrected chi connectivity index (χ1v) is 8.88. The summed E-state index contributed by atoms with van der Waals surface area (Å²) in [5.74, 6) is -2.06. The number of rotatable bonds is 6. The standard InChI is InChI=1S/C21H22N4O4/c1-13(22-14-6-5-7-16(12-14)24(2)3)18-19(26)23-21(28)25(20(18)27)15-8-10-17(29-4)11-9-15/h5-12,18,22H,1H2,2-4H3,(H,23,26,28)/t18-/m0/s1. The molecule has 8 nitrogen and oxygen atoms in total. The summed E-state index contributed by atoms with van der Waals surface area (Å²) in [4.78, 5) is 40.6. The van der Waals surface area contributed by atoms with Gasteiger partial charge in [-0.1, -0.05) is 12.6 Å². The Morgan fingerprint density at radius 3 is 2.45 bits per heavy atom. The summed E-state index contributed by atoms with van der Waals surface area (Å²) in [5.41, 5.74) is 2.12. The summed E-state index contributed by atoms with van der Waals surface area (Å²) in [7, 11) is 5.33. The third-order valence-corrected chi connectivity index (χ3v) is 4.51. The topological polar surface area (TPSA) is 91.0 Å². The molecule has 3 rings (SSSR count). The quantitative estimate of drug-likeness (QED) is 0.732. The van der Waals surface area contributed by atoms with Crippen molar-refractivity contribution >= 4 is 34.9 Å². The number of carbonyl (C=O) groups excluding carboxylic acids is 3. The number of ether oxygens (including phenoxy) is 1. The van der Waals surface area contributed by atoms with Gasteiger partial charge in [-0.2, -0.15) is 0 Å². The van der Waals surface area contributed by atoms with Gasteiger partial charge in [0.05, 0.1) is 12.8 Å². The summed E-state index contributed by atoms with van der Waals surface area (Å²) in [6, 6.07) is 13.0. The predicted molar refractivity (Wildman–Crippen MR) is 111 cm³/mol. The highest BCUT2D eigenvalue weighted by Gasteiger charge is 2.43. The molecule has 2 N–H and O–H groups in total. The van der Waals surface area contributed by atoms with E-state index in [0.29, 0.717) is 17.1 Å². The van der Waals surface area contributed by atoms with Gasteiger partial charge in [-0.15, -0.1) is 0 Å². The number of benzene rings is 2. The molecule has 2 aromatic carbocycles. The molecule has 29 heavy (non-hydrogen) atoms.